The summed E-state index contributed by atoms with van der Waals surface area (Å²) in [6, 6.07) is 12.0. The van der Waals surface area contributed by atoms with Crippen LogP contribution in [-0.4, -0.2) is 0 Å². The summed E-state index contributed by atoms with van der Waals surface area (Å²) in [6.45, 7) is 4.14. The van der Waals surface area contributed by atoms with Crippen LogP contribution in [0.2, 0.25) is 5.02 Å². The SMILES string of the molecule is Cc1cc(Cl)c(C(N)c2ccccc2I)cc1C. The zero-order valence-electron chi connectivity index (χ0n) is 10.4. The van der Waals surface area contributed by atoms with Crippen LogP contribution in [-0.2, 0) is 0 Å². The fourth-order valence-electron chi connectivity index (χ4n) is 1.94. The molecule has 0 amide bonds. The van der Waals surface area contributed by atoms with Gasteiger partial charge in [-0.25, -0.2) is 0 Å². The first-order valence-electron chi connectivity index (χ1n) is 5.77. The molecule has 2 N–H and O–H groups in total. The van der Waals surface area contributed by atoms with Gasteiger partial charge in [-0.05, 0) is 70.8 Å². The maximum Gasteiger partial charge on any atom is 0.0577 e. The van der Waals surface area contributed by atoms with Crippen LogP contribution in [0.3, 0.4) is 0 Å². The van der Waals surface area contributed by atoms with Gasteiger partial charge in [-0.1, -0.05) is 35.9 Å². The molecule has 0 aliphatic heterocycles. The minimum atomic E-state index is -0.176. The summed E-state index contributed by atoms with van der Waals surface area (Å²) >= 11 is 8.62. The lowest BCUT2D eigenvalue weighted by molar-refractivity contribution is 0.863. The van der Waals surface area contributed by atoms with Gasteiger partial charge >= 0.3 is 0 Å². The second-order valence-electron chi connectivity index (χ2n) is 4.46. The monoisotopic (exact) mass is 371 g/mol. The number of hydrogen-bond acceptors (Lipinski definition) is 1. The van der Waals surface area contributed by atoms with Gasteiger partial charge in [0.05, 0.1) is 6.04 Å². The topological polar surface area (TPSA) is 26.0 Å². The first-order chi connectivity index (χ1) is 8.50. The van der Waals surface area contributed by atoms with Crippen molar-refractivity contribution in [3.05, 3.63) is 67.2 Å². The predicted octanol–water partition coefficient (Wildman–Crippen LogP) is 4.61. The first-order valence-corrected chi connectivity index (χ1v) is 7.23. The van der Waals surface area contributed by atoms with E-state index in [2.05, 4.69) is 54.6 Å². The highest BCUT2D eigenvalue weighted by Crippen LogP contribution is 2.31. The van der Waals surface area contributed by atoms with Crippen LogP contribution in [0, 0.1) is 17.4 Å². The Morgan fingerprint density at radius 3 is 2.33 bits per heavy atom. The van der Waals surface area contributed by atoms with Crippen LogP contribution < -0.4 is 5.73 Å². The fraction of sp³-hybridized carbons (Fsp3) is 0.200. The molecule has 1 nitrogen and oxygen atoms in total. The van der Waals surface area contributed by atoms with Crippen molar-refractivity contribution in [2.45, 2.75) is 19.9 Å². The molecule has 0 saturated carbocycles. The zero-order valence-corrected chi connectivity index (χ0v) is 13.3. The summed E-state index contributed by atoms with van der Waals surface area (Å²) < 4.78 is 1.16. The van der Waals surface area contributed by atoms with Gasteiger partial charge in [0.2, 0.25) is 0 Å². The highest BCUT2D eigenvalue weighted by Gasteiger charge is 2.15. The number of aryl methyl sites for hydroxylation is 2. The van der Waals surface area contributed by atoms with Crippen LogP contribution in [0.15, 0.2) is 36.4 Å². The maximum absolute atomic E-state index is 6.35. The van der Waals surface area contributed by atoms with E-state index in [-0.39, 0.29) is 6.04 Å². The van der Waals surface area contributed by atoms with Crippen molar-refractivity contribution in [1.82, 2.24) is 0 Å². The van der Waals surface area contributed by atoms with E-state index in [9.17, 15) is 0 Å². The standard InChI is InChI=1S/C15H15ClIN/c1-9-7-12(13(16)8-10(9)2)15(18)11-5-3-4-6-14(11)17/h3-8,15H,18H2,1-2H3. The molecule has 2 aromatic carbocycles. The van der Waals surface area contributed by atoms with Gasteiger partial charge in [-0.2, -0.15) is 0 Å². The molecular weight excluding hydrogens is 357 g/mol. The third kappa shape index (κ3) is 2.71. The zero-order chi connectivity index (χ0) is 13.3. The Kier molecular flexibility index (Phi) is 4.30. The summed E-state index contributed by atoms with van der Waals surface area (Å²) in [5.41, 5.74) is 10.9. The van der Waals surface area contributed by atoms with Crippen molar-refractivity contribution in [3.63, 3.8) is 0 Å². The van der Waals surface area contributed by atoms with Gasteiger partial charge in [0.15, 0.2) is 0 Å². The summed E-state index contributed by atoms with van der Waals surface area (Å²) in [4.78, 5) is 0. The van der Waals surface area contributed by atoms with E-state index in [0.717, 1.165) is 19.7 Å². The van der Waals surface area contributed by atoms with Gasteiger partial charge < -0.3 is 5.73 Å². The van der Waals surface area contributed by atoms with Gasteiger partial charge in [-0.3, -0.25) is 0 Å². The molecule has 0 aliphatic rings. The lowest BCUT2D eigenvalue weighted by Crippen LogP contribution is -2.14. The molecule has 0 saturated heterocycles. The van der Waals surface area contributed by atoms with E-state index >= 15 is 0 Å². The lowest BCUT2D eigenvalue weighted by atomic mass is 9.96. The molecule has 94 valence electrons. The normalized spacial score (nSPS) is 12.5. The Morgan fingerprint density at radius 1 is 1.06 bits per heavy atom. The highest BCUT2D eigenvalue weighted by atomic mass is 127. The highest BCUT2D eigenvalue weighted by molar-refractivity contribution is 14.1. The minimum absolute atomic E-state index is 0.176. The first kappa shape index (κ1) is 13.8. The number of nitrogens with two attached hydrogens (primary N) is 1. The van der Waals surface area contributed by atoms with Gasteiger partial charge in [0.1, 0.15) is 0 Å². The van der Waals surface area contributed by atoms with E-state index in [0.29, 0.717) is 0 Å². The maximum atomic E-state index is 6.35. The molecule has 2 rings (SSSR count). The Bertz CT molecular complexity index is 581. The van der Waals surface area contributed by atoms with Crippen molar-refractivity contribution in [2.24, 2.45) is 5.73 Å². The molecule has 0 fully saturated rings. The van der Waals surface area contributed by atoms with E-state index < -0.39 is 0 Å². The predicted molar refractivity (Wildman–Crippen MR) is 86.1 cm³/mol. The van der Waals surface area contributed by atoms with Crippen LogP contribution in [0.5, 0.6) is 0 Å². The third-order valence-corrected chi connectivity index (χ3v) is 4.50. The summed E-state index contributed by atoms with van der Waals surface area (Å²) in [6.07, 6.45) is 0. The molecule has 2 aromatic rings. The van der Waals surface area contributed by atoms with Crippen molar-refractivity contribution >= 4 is 34.2 Å². The molecule has 1 unspecified atom stereocenters. The van der Waals surface area contributed by atoms with Crippen LogP contribution in [0.4, 0.5) is 0 Å². The van der Waals surface area contributed by atoms with Crippen molar-refractivity contribution in [3.8, 4) is 0 Å². The second-order valence-corrected chi connectivity index (χ2v) is 6.03. The van der Waals surface area contributed by atoms with Gasteiger partial charge in [0, 0.05) is 8.59 Å². The summed E-state index contributed by atoms with van der Waals surface area (Å²) in [5, 5.41) is 0.741. The number of benzene rings is 2. The smallest absolute Gasteiger partial charge is 0.0577 e. The Balaban J connectivity index is 2.50. The molecule has 0 spiro atoms. The molecule has 1 atom stereocenters. The molecule has 0 bridgehead atoms. The molecular formula is C15H15ClIN. The quantitative estimate of drug-likeness (QED) is 0.767. The van der Waals surface area contributed by atoms with Crippen molar-refractivity contribution < 1.29 is 0 Å². The molecule has 18 heavy (non-hydrogen) atoms. The van der Waals surface area contributed by atoms with E-state index in [1.54, 1.807) is 0 Å². The largest absolute Gasteiger partial charge is 0.320 e. The average Bonchev–Trinajstić information content (AvgIpc) is 2.33. The van der Waals surface area contributed by atoms with Crippen molar-refractivity contribution in [1.29, 1.82) is 0 Å². The van der Waals surface area contributed by atoms with E-state index in [1.165, 1.54) is 11.1 Å². The summed E-state index contributed by atoms with van der Waals surface area (Å²) in [5.74, 6) is 0. The Hall–Kier alpha value is -0.580. The third-order valence-electron chi connectivity index (χ3n) is 3.19. The molecule has 0 aliphatic carbocycles. The lowest BCUT2D eigenvalue weighted by Gasteiger charge is -2.17. The summed E-state index contributed by atoms with van der Waals surface area (Å²) in [7, 11) is 0. The number of halogens is 2. The minimum Gasteiger partial charge on any atom is -0.320 e. The molecule has 0 heterocycles. The van der Waals surface area contributed by atoms with Gasteiger partial charge in [-0.15, -0.1) is 0 Å². The average molecular weight is 372 g/mol. The second kappa shape index (κ2) is 5.59. The number of hydrogen-bond donors (Lipinski definition) is 1. The fourth-order valence-corrected chi connectivity index (χ4v) is 3.00. The van der Waals surface area contributed by atoms with Crippen LogP contribution in [0.1, 0.15) is 28.3 Å². The van der Waals surface area contributed by atoms with E-state index in [1.807, 2.05) is 18.2 Å². The number of rotatable bonds is 2. The van der Waals surface area contributed by atoms with Gasteiger partial charge in [0.25, 0.3) is 0 Å². The molecule has 3 heteroatoms. The van der Waals surface area contributed by atoms with Crippen molar-refractivity contribution in [2.75, 3.05) is 0 Å². The van der Waals surface area contributed by atoms with Crippen LogP contribution in [0.25, 0.3) is 0 Å². The molecule has 0 aromatic heterocycles. The van der Waals surface area contributed by atoms with Crippen LogP contribution >= 0.6 is 34.2 Å². The van der Waals surface area contributed by atoms with E-state index in [4.69, 9.17) is 17.3 Å². The molecule has 0 radical (unpaired) electrons. The Morgan fingerprint density at radius 2 is 1.67 bits per heavy atom. The Labute approximate surface area is 126 Å².